The van der Waals surface area contributed by atoms with Gasteiger partial charge >= 0.3 is 0 Å². The van der Waals surface area contributed by atoms with E-state index in [1.165, 1.54) is 48.5 Å². The van der Waals surface area contributed by atoms with E-state index in [-0.39, 0.29) is 23.9 Å². The zero-order valence-electron chi connectivity index (χ0n) is 16.8. The highest BCUT2D eigenvalue weighted by Gasteiger charge is 2.36. The van der Waals surface area contributed by atoms with Crippen LogP contribution in [-0.2, 0) is 14.8 Å². The van der Waals surface area contributed by atoms with Crippen molar-refractivity contribution in [2.45, 2.75) is 49.5 Å². The molecule has 2 heterocycles. The van der Waals surface area contributed by atoms with Crippen molar-refractivity contribution in [2.75, 3.05) is 39.3 Å². The fourth-order valence-corrected chi connectivity index (χ4v) is 6.55. The zero-order chi connectivity index (χ0) is 20.4. The molecular weight excluding hydrogens is 393 g/mol. The number of carbonyl (C=O) groups is 1. The lowest BCUT2D eigenvalue weighted by Crippen LogP contribution is -2.55. The number of carbonyl (C=O) groups excluding carboxylic acids is 1. The maximum Gasteiger partial charge on any atom is 0.243 e. The smallest absolute Gasteiger partial charge is 0.243 e. The molecule has 2 aliphatic heterocycles. The maximum absolute atomic E-state index is 13.1. The Bertz CT molecular complexity index is 820. The Kier molecular flexibility index (Phi) is 6.22. The van der Waals surface area contributed by atoms with Gasteiger partial charge in [0.05, 0.1) is 11.4 Å². The third-order valence-electron chi connectivity index (χ3n) is 6.74. The summed E-state index contributed by atoms with van der Waals surface area (Å²) >= 11 is 0. The van der Waals surface area contributed by atoms with Gasteiger partial charge in [0.2, 0.25) is 15.9 Å². The highest BCUT2D eigenvalue weighted by Crippen LogP contribution is 2.35. The van der Waals surface area contributed by atoms with Gasteiger partial charge in [0.1, 0.15) is 5.82 Å². The van der Waals surface area contributed by atoms with Crippen molar-refractivity contribution in [3.05, 3.63) is 30.1 Å². The SMILES string of the molecule is O=C(CN1CCC[C@@H]2CCCC[C@@H]21)N1CCN(S(=O)(=O)c2ccc(F)cc2)CC1. The number of fused-ring (bicyclic) bond motifs is 1. The number of likely N-dealkylation sites (tertiary alicyclic amines) is 1. The van der Waals surface area contributed by atoms with Crippen LogP contribution in [0.3, 0.4) is 0 Å². The van der Waals surface area contributed by atoms with Crippen molar-refractivity contribution >= 4 is 15.9 Å². The molecule has 0 radical (unpaired) electrons. The zero-order valence-corrected chi connectivity index (χ0v) is 17.6. The van der Waals surface area contributed by atoms with Crippen molar-refractivity contribution in [3.63, 3.8) is 0 Å². The summed E-state index contributed by atoms with van der Waals surface area (Å²) in [7, 11) is -3.65. The largest absolute Gasteiger partial charge is 0.339 e. The van der Waals surface area contributed by atoms with Gasteiger partial charge in [-0.25, -0.2) is 12.8 Å². The fourth-order valence-electron chi connectivity index (χ4n) is 5.13. The monoisotopic (exact) mass is 423 g/mol. The Morgan fingerprint density at radius 2 is 1.59 bits per heavy atom. The second kappa shape index (κ2) is 8.70. The number of rotatable bonds is 4. The topological polar surface area (TPSA) is 60.9 Å². The normalized spacial score (nSPS) is 26.9. The molecule has 6 nitrogen and oxygen atoms in total. The molecule has 29 heavy (non-hydrogen) atoms. The van der Waals surface area contributed by atoms with Crippen LogP contribution in [0.5, 0.6) is 0 Å². The van der Waals surface area contributed by atoms with E-state index in [0.717, 1.165) is 31.0 Å². The third kappa shape index (κ3) is 4.49. The van der Waals surface area contributed by atoms with Crippen LogP contribution < -0.4 is 0 Å². The van der Waals surface area contributed by atoms with Crippen molar-refractivity contribution in [2.24, 2.45) is 5.92 Å². The second-order valence-corrected chi connectivity index (χ2v) is 10.4. The van der Waals surface area contributed by atoms with Gasteiger partial charge in [0, 0.05) is 32.2 Å². The third-order valence-corrected chi connectivity index (χ3v) is 8.65. The van der Waals surface area contributed by atoms with Gasteiger partial charge in [-0.3, -0.25) is 9.69 Å². The molecule has 1 amide bonds. The Morgan fingerprint density at radius 3 is 2.31 bits per heavy atom. The average Bonchev–Trinajstić information content (AvgIpc) is 2.74. The number of hydrogen-bond acceptors (Lipinski definition) is 4. The number of hydrogen-bond donors (Lipinski definition) is 0. The lowest BCUT2D eigenvalue weighted by Gasteiger charge is -2.44. The first-order valence-corrected chi connectivity index (χ1v) is 12.2. The number of benzene rings is 1. The Labute approximate surface area is 172 Å². The maximum atomic E-state index is 13.1. The summed E-state index contributed by atoms with van der Waals surface area (Å²) in [6.07, 6.45) is 7.50. The molecule has 2 saturated heterocycles. The molecule has 1 aliphatic carbocycles. The minimum Gasteiger partial charge on any atom is -0.339 e. The molecule has 0 bridgehead atoms. The molecule has 0 aromatic heterocycles. The van der Waals surface area contributed by atoms with E-state index in [2.05, 4.69) is 4.90 Å². The summed E-state index contributed by atoms with van der Waals surface area (Å²) in [4.78, 5) is 17.1. The molecule has 1 aromatic rings. The van der Waals surface area contributed by atoms with Crippen molar-refractivity contribution in [3.8, 4) is 0 Å². The first-order chi connectivity index (χ1) is 13.9. The van der Waals surface area contributed by atoms with E-state index in [9.17, 15) is 17.6 Å². The van der Waals surface area contributed by atoms with Crippen LogP contribution in [0.4, 0.5) is 4.39 Å². The molecule has 3 fully saturated rings. The Morgan fingerprint density at radius 1 is 0.931 bits per heavy atom. The summed E-state index contributed by atoms with van der Waals surface area (Å²) in [5.41, 5.74) is 0. The highest BCUT2D eigenvalue weighted by molar-refractivity contribution is 7.89. The number of piperazine rings is 1. The molecule has 8 heteroatoms. The van der Waals surface area contributed by atoms with E-state index in [4.69, 9.17) is 0 Å². The van der Waals surface area contributed by atoms with E-state index < -0.39 is 15.8 Å². The molecule has 160 valence electrons. The number of amides is 1. The lowest BCUT2D eigenvalue weighted by atomic mass is 9.78. The van der Waals surface area contributed by atoms with Gasteiger partial charge in [-0.05, 0) is 62.4 Å². The fraction of sp³-hybridized carbons (Fsp3) is 0.667. The van der Waals surface area contributed by atoms with Gasteiger partial charge in [-0.15, -0.1) is 0 Å². The number of halogens is 1. The first-order valence-electron chi connectivity index (χ1n) is 10.7. The second-order valence-electron chi connectivity index (χ2n) is 8.46. The van der Waals surface area contributed by atoms with Gasteiger partial charge < -0.3 is 4.90 Å². The predicted molar refractivity (Wildman–Crippen MR) is 108 cm³/mol. The van der Waals surface area contributed by atoms with Crippen LogP contribution in [0.2, 0.25) is 0 Å². The minimum absolute atomic E-state index is 0.0929. The van der Waals surface area contributed by atoms with Crippen molar-refractivity contribution in [1.82, 2.24) is 14.1 Å². The number of sulfonamides is 1. The summed E-state index contributed by atoms with van der Waals surface area (Å²) in [5.74, 6) is 0.385. The van der Waals surface area contributed by atoms with Crippen LogP contribution in [0.1, 0.15) is 38.5 Å². The first kappa shape index (κ1) is 20.8. The van der Waals surface area contributed by atoms with Crippen molar-refractivity contribution in [1.29, 1.82) is 0 Å². The molecule has 0 N–H and O–H groups in total. The Balaban J connectivity index is 1.33. The summed E-state index contributed by atoms with van der Waals surface area (Å²) in [6, 6.07) is 5.44. The van der Waals surface area contributed by atoms with Gasteiger partial charge in [-0.2, -0.15) is 4.31 Å². The van der Waals surface area contributed by atoms with Crippen LogP contribution in [-0.4, -0.2) is 73.7 Å². The molecule has 1 saturated carbocycles. The minimum atomic E-state index is -3.65. The molecule has 1 aromatic carbocycles. The van der Waals surface area contributed by atoms with Crippen LogP contribution >= 0.6 is 0 Å². The Hall–Kier alpha value is -1.51. The van der Waals surface area contributed by atoms with E-state index >= 15 is 0 Å². The van der Waals surface area contributed by atoms with Gasteiger partial charge in [0.15, 0.2) is 0 Å². The van der Waals surface area contributed by atoms with Crippen LogP contribution in [0.25, 0.3) is 0 Å². The average molecular weight is 424 g/mol. The highest BCUT2D eigenvalue weighted by atomic mass is 32.2. The van der Waals surface area contributed by atoms with Crippen LogP contribution in [0, 0.1) is 11.7 Å². The van der Waals surface area contributed by atoms with Gasteiger partial charge in [-0.1, -0.05) is 12.8 Å². The van der Waals surface area contributed by atoms with Crippen LogP contribution in [0.15, 0.2) is 29.2 Å². The predicted octanol–water partition coefficient (Wildman–Crippen LogP) is 2.31. The van der Waals surface area contributed by atoms with E-state index in [1.54, 1.807) is 4.90 Å². The summed E-state index contributed by atoms with van der Waals surface area (Å²) < 4.78 is 40.0. The van der Waals surface area contributed by atoms with E-state index in [1.807, 2.05) is 0 Å². The molecule has 0 spiro atoms. The number of nitrogens with zero attached hydrogens (tertiary/aromatic N) is 3. The van der Waals surface area contributed by atoms with E-state index in [0.29, 0.717) is 25.7 Å². The summed E-state index contributed by atoms with van der Waals surface area (Å²) in [5, 5.41) is 0. The molecule has 3 aliphatic rings. The molecular formula is C21H30FN3O3S. The lowest BCUT2D eigenvalue weighted by molar-refractivity contribution is -0.135. The molecule has 0 unspecified atom stereocenters. The molecule has 2 atom stereocenters. The number of piperidine rings is 1. The molecule has 4 rings (SSSR count). The standard InChI is InChI=1S/C21H30FN3O3S/c22-18-7-9-19(10-8-18)29(27,28)25-14-12-23(13-15-25)21(26)16-24-11-3-5-17-4-1-2-6-20(17)24/h7-10,17,20H,1-6,11-16H2/t17-,20-/m0/s1. The van der Waals surface area contributed by atoms with Gasteiger partial charge in [0.25, 0.3) is 0 Å². The van der Waals surface area contributed by atoms with Crippen molar-refractivity contribution < 1.29 is 17.6 Å². The quantitative estimate of drug-likeness (QED) is 0.746. The summed E-state index contributed by atoms with van der Waals surface area (Å²) in [6.45, 7) is 2.80.